The Bertz CT molecular complexity index is 1120. The molecule has 4 N–H and O–H groups in total. The van der Waals surface area contributed by atoms with Crippen LogP contribution >= 0.6 is 0 Å². The Kier molecular flexibility index (Phi) is 5.14. The molecule has 0 unspecified atom stereocenters. The van der Waals surface area contributed by atoms with Gasteiger partial charge in [-0.2, -0.15) is 0 Å². The number of pyridine rings is 1. The number of nitrogens with zero attached hydrogens (tertiary/aromatic N) is 1. The van der Waals surface area contributed by atoms with E-state index in [1.165, 1.54) is 24.4 Å². The molecule has 9 heteroatoms. The third kappa shape index (κ3) is 4.03. The number of benzene rings is 1. The summed E-state index contributed by atoms with van der Waals surface area (Å²) in [6, 6.07) is 9.41. The first-order valence-electron chi connectivity index (χ1n) is 9.42. The second-order valence-corrected chi connectivity index (χ2v) is 9.33. The lowest BCUT2D eigenvalue weighted by Crippen LogP contribution is -2.47. The van der Waals surface area contributed by atoms with Gasteiger partial charge in [-0.1, -0.05) is 25.0 Å². The molecule has 0 spiro atoms. The fourth-order valence-electron chi connectivity index (χ4n) is 3.81. The zero-order chi connectivity index (χ0) is 20.6. The van der Waals surface area contributed by atoms with Crippen molar-refractivity contribution in [2.24, 2.45) is 5.73 Å². The number of nitrogens with two attached hydrogens (primary N) is 1. The van der Waals surface area contributed by atoms with Gasteiger partial charge in [-0.25, -0.2) is 26.9 Å². The molecule has 0 saturated heterocycles. The molecule has 3 aromatic rings. The molecule has 0 atom stereocenters. The highest BCUT2D eigenvalue weighted by molar-refractivity contribution is 7.89. The maximum absolute atomic E-state index is 13.0. The van der Waals surface area contributed by atoms with Gasteiger partial charge in [0.1, 0.15) is 5.65 Å². The molecule has 1 fully saturated rings. The summed E-state index contributed by atoms with van der Waals surface area (Å²) in [5, 5.41) is 0.558. The minimum absolute atomic E-state index is 0.135. The van der Waals surface area contributed by atoms with Gasteiger partial charge < -0.3 is 10.7 Å². The van der Waals surface area contributed by atoms with Crippen molar-refractivity contribution in [3.63, 3.8) is 0 Å². The first kappa shape index (κ1) is 19.9. The Morgan fingerprint density at radius 2 is 1.86 bits per heavy atom. The molecule has 1 aliphatic carbocycles. The van der Waals surface area contributed by atoms with Gasteiger partial charge in [-0.05, 0) is 48.2 Å². The molecule has 0 amide bonds. The lowest BCUT2D eigenvalue weighted by molar-refractivity contribution is 0.147. The number of halogens is 2. The number of H-pyrrole nitrogens is 1. The topological polar surface area (TPSA) is 101 Å². The molecule has 0 radical (unpaired) electrons. The summed E-state index contributed by atoms with van der Waals surface area (Å²) in [5.74, 6) is 0. The van der Waals surface area contributed by atoms with E-state index >= 15 is 0 Å². The highest BCUT2D eigenvalue weighted by Crippen LogP contribution is 2.31. The average Bonchev–Trinajstić information content (AvgIpc) is 3.33. The molecule has 154 valence electrons. The predicted molar refractivity (Wildman–Crippen MR) is 107 cm³/mol. The van der Waals surface area contributed by atoms with Crippen molar-refractivity contribution in [1.82, 2.24) is 14.7 Å². The van der Waals surface area contributed by atoms with Crippen LogP contribution in [0.4, 0.5) is 8.78 Å². The molecular formula is C20H22F2N4O2S. The van der Waals surface area contributed by atoms with Crippen molar-refractivity contribution in [2.45, 2.75) is 42.5 Å². The monoisotopic (exact) mass is 420 g/mol. The zero-order valence-electron chi connectivity index (χ0n) is 15.7. The van der Waals surface area contributed by atoms with E-state index < -0.39 is 22.0 Å². The number of aromatic nitrogens is 2. The summed E-state index contributed by atoms with van der Waals surface area (Å²) in [7, 11) is -3.68. The van der Waals surface area contributed by atoms with Crippen LogP contribution in [0.25, 0.3) is 22.2 Å². The summed E-state index contributed by atoms with van der Waals surface area (Å²) in [5.41, 5.74) is 7.32. The summed E-state index contributed by atoms with van der Waals surface area (Å²) in [6.45, 7) is 0.210. The van der Waals surface area contributed by atoms with Crippen LogP contribution in [0.1, 0.15) is 37.8 Å². The van der Waals surface area contributed by atoms with Crippen LogP contribution in [0.15, 0.2) is 47.5 Å². The van der Waals surface area contributed by atoms with E-state index in [4.69, 9.17) is 5.73 Å². The van der Waals surface area contributed by atoms with Crippen LogP contribution in [-0.2, 0) is 10.0 Å². The van der Waals surface area contributed by atoms with Crippen LogP contribution in [0.2, 0.25) is 0 Å². The van der Waals surface area contributed by atoms with Crippen molar-refractivity contribution < 1.29 is 17.2 Å². The number of hydrogen-bond donors (Lipinski definition) is 3. The van der Waals surface area contributed by atoms with Crippen molar-refractivity contribution in [2.75, 3.05) is 6.54 Å². The van der Waals surface area contributed by atoms with E-state index in [2.05, 4.69) is 14.7 Å². The smallest absolute Gasteiger partial charge is 0.278 e. The number of nitrogens with one attached hydrogen (secondary N) is 2. The second kappa shape index (κ2) is 7.47. The SMILES string of the molecule is NC1(CNS(=O)(=O)c2ccc(-c3ccnc4[nH]c(C(F)F)cc34)cc2)CCCC1. The standard InChI is InChI=1S/C20H22F2N4O2S/c21-18(22)17-11-16-15(7-10-24-19(16)26-17)13-3-5-14(6-4-13)29(27,28)25-12-20(23)8-1-2-9-20/h3-7,10-11,18,25H,1-2,8-9,12,23H2,(H,24,26). The molecule has 29 heavy (non-hydrogen) atoms. The number of sulfonamides is 1. The number of rotatable bonds is 6. The maximum Gasteiger partial charge on any atom is 0.278 e. The molecule has 1 aliphatic rings. The second-order valence-electron chi connectivity index (χ2n) is 7.56. The van der Waals surface area contributed by atoms with Crippen LogP contribution in [0.5, 0.6) is 0 Å². The lowest BCUT2D eigenvalue weighted by atomic mass is 10.0. The number of fused-ring (bicyclic) bond motifs is 1. The van der Waals surface area contributed by atoms with Gasteiger partial charge in [-0.15, -0.1) is 0 Å². The zero-order valence-corrected chi connectivity index (χ0v) is 16.5. The minimum atomic E-state index is -3.68. The molecule has 0 bridgehead atoms. The summed E-state index contributed by atoms with van der Waals surface area (Å²) in [4.78, 5) is 6.83. The van der Waals surface area contributed by atoms with Crippen molar-refractivity contribution in [3.05, 3.63) is 48.3 Å². The molecular weight excluding hydrogens is 398 g/mol. The van der Waals surface area contributed by atoms with Gasteiger partial charge in [0.05, 0.1) is 10.6 Å². The van der Waals surface area contributed by atoms with Crippen LogP contribution in [-0.4, -0.2) is 30.5 Å². The van der Waals surface area contributed by atoms with E-state index in [0.717, 1.165) is 25.7 Å². The summed E-state index contributed by atoms with van der Waals surface area (Å²) in [6.07, 6.45) is 2.55. The largest absolute Gasteiger partial charge is 0.338 e. The third-order valence-corrected chi connectivity index (χ3v) is 6.89. The van der Waals surface area contributed by atoms with Crippen LogP contribution < -0.4 is 10.5 Å². The molecule has 0 aliphatic heterocycles. The molecule has 2 aromatic heterocycles. The van der Waals surface area contributed by atoms with E-state index in [1.54, 1.807) is 18.2 Å². The van der Waals surface area contributed by atoms with Gasteiger partial charge in [0.25, 0.3) is 6.43 Å². The van der Waals surface area contributed by atoms with E-state index in [-0.39, 0.29) is 17.1 Å². The number of alkyl halides is 2. The lowest BCUT2D eigenvalue weighted by Gasteiger charge is -2.23. The minimum Gasteiger partial charge on any atom is -0.338 e. The Morgan fingerprint density at radius 3 is 2.52 bits per heavy atom. The first-order valence-corrected chi connectivity index (χ1v) is 10.9. The first-order chi connectivity index (χ1) is 13.8. The summed E-state index contributed by atoms with van der Waals surface area (Å²) < 4.78 is 53.8. The molecule has 4 rings (SSSR count). The number of aromatic amines is 1. The molecule has 1 saturated carbocycles. The fraction of sp³-hybridized carbons (Fsp3) is 0.350. The number of hydrogen-bond acceptors (Lipinski definition) is 4. The molecule has 6 nitrogen and oxygen atoms in total. The van der Waals surface area contributed by atoms with Crippen LogP contribution in [0.3, 0.4) is 0 Å². The normalized spacial score (nSPS) is 16.7. The Morgan fingerprint density at radius 1 is 1.17 bits per heavy atom. The van der Waals surface area contributed by atoms with Crippen molar-refractivity contribution >= 4 is 21.1 Å². The average molecular weight is 420 g/mol. The van der Waals surface area contributed by atoms with Gasteiger partial charge in [-0.3, -0.25) is 0 Å². The fourth-order valence-corrected chi connectivity index (χ4v) is 4.95. The highest BCUT2D eigenvalue weighted by Gasteiger charge is 2.31. The van der Waals surface area contributed by atoms with Crippen molar-refractivity contribution in [3.8, 4) is 11.1 Å². The Balaban J connectivity index is 1.58. The highest BCUT2D eigenvalue weighted by atomic mass is 32.2. The Labute approximate surface area is 167 Å². The van der Waals surface area contributed by atoms with Gasteiger partial charge in [0.15, 0.2) is 0 Å². The summed E-state index contributed by atoms with van der Waals surface area (Å²) >= 11 is 0. The third-order valence-electron chi connectivity index (χ3n) is 5.48. The maximum atomic E-state index is 13.0. The van der Waals surface area contributed by atoms with Gasteiger partial charge in [0, 0.05) is 23.7 Å². The van der Waals surface area contributed by atoms with E-state index in [0.29, 0.717) is 22.2 Å². The Hall–Kier alpha value is -2.36. The van der Waals surface area contributed by atoms with E-state index in [1.807, 2.05) is 0 Å². The van der Waals surface area contributed by atoms with Crippen molar-refractivity contribution in [1.29, 1.82) is 0 Å². The quantitative estimate of drug-likeness (QED) is 0.566. The van der Waals surface area contributed by atoms with Crippen LogP contribution in [0, 0.1) is 0 Å². The van der Waals surface area contributed by atoms with Gasteiger partial charge in [0.2, 0.25) is 10.0 Å². The molecule has 2 heterocycles. The molecule has 1 aromatic carbocycles. The van der Waals surface area contributed by atoms with Gasteiger partial charge >= 0.3 is 0 Å². The predicted octanol–water partition coefficient (Wildman–Crippen LogP) is 3.72. The van der Waals surface area contributed by atoms with E-state index in [9.17, 15) is 17.2 Å².